The van der Waals surface area contributed by atoms with E-state index in [1.807, 2.05) is 36.7 Å². The van der Waals surface area contributed by atoms with Crippen molar-refractivity contribution in [3.8, 4) is 5.75 Å². The van der Waals surface area contributed by atoms with Gasteiger partial charge >= 0.3 is 0 Å². The van der Waals surface area contributed by atoms with Crippen LogP contribution in [0.1, 0.15) is 43.5 Å². The molecule has 2 fully saturated rings. The summed E-state index contributed by atoms with van der Waals surface area (Å²) in [5.41, 5.74) is 1.32. The first-order valence-corrected chi connectivity index (χ1v) is 10.4. The number of nitrogens with one attached hydrogen (secondary N) is 1. The normalized spacial score (nSPS) is 24.6. The van der Waals surface area contributed by atoms with E-state index in [4.69, 9.17) is 4.74 Å². The minimum absolute atomic E-state index is 0.191. The lowest BCUT2D eigenvalue weighted by molar-refractivity contribution is -0.135. The summed E-state index contributed by atoms with van der Waals surface area (Å²) < 4.78 is 7.96. The lowest BCUT2D eigenvalue weighted by atomic mass is 9.93. The van der Waals surface area contributed by atoms with Gasteiger partial charge in [0.25, 0.3) is 0 Å². The third-order valence-corrected chi connectivity index (χ3v) is 6.86. The van der Waals surface area contributed by atoms with Crippen molar-refractivity contribution >= 4 is 5.91 Å². The third kappa shape index (κ3) is 2.91. The first kappa shape index (κ1) is 17.7. The summed E-state index contributed by atoms with van der Waals surface area (Å²) in [5, 5.41) is 3.46. The Labute approximate surface area is 165 Å². The Balaban J connectivity index is 1.44. The second kappa shape index (κ2) is 6.92. The van der Waals surface area contributed by atoms with E-state index in [1.54, 1.807) is 0 Å². The van der Waals surface area contributed by atoms with Crippen LogP contribution in [0.3, 0.4) is 0 Å². The van der Waals surface area contributed by atoms with Gasteiger partial charge in [-0.25, -0.2) is 4.98 Å². The number of ether oxygens (including phenoxy) is 1. The number of hydrogen-bond donors (Lipinski definition) is 1. The molecule has 1 saturated heterocycles. The van der Waals surface area contributed by atoms with E-state index in [0.717, 1.165) is 56.0 Å². The molecule has 2 atom stereocenters. The van der Waals surface area contributed by atoms with Crippen LogP contribution in [0.4, 0.5) is 0 Å². The maximum atomic E-state index is 13.7. The van der Waals surface area contributed by atoms with Crippen LogP contribution in [0, 0.1) is 5.41 Å². The Morgan fingerprint density at radius 1 is 1.36 bits per heavy atom. The van der Waals surface area contributed by atoms with Crippen LogP contribution in [0.15, 0.2) is 36.7 Å². The summed E-state index contributed by atoms with van der Waals surface area (Å²) in [5.74, 6) is 1.80. The number of hydrogen-bond acceptors (Lipinski definition) is 4. The Bertz CT molecular complexity index is 871. The van der Waals surface area contributed by atoms with Crippen LogP contribution < -0.4 is 10.1 Å². The van der Waals surface area contributed by atoms with Crippen molar-refractivity contribution in [3.05, 3.63) is 48.0 Å². The summed E-state index contributed by atoms with van der Waals surface area (Å²) in [4.78, 5) is 20.4. The zero-order valence-electron chi connectivity index (χ0n) is 16.4. The van der Waals surface area contributed by atoms with E-state index in [9.17, 15) is 4.79 Å². The van der Waals surface area contributed by atoms with Gasteiger partial charge in [-0.15, -0.1) is 0 Å². The van der Waals surface area contributed by atoms with Crippen molar-refractivity contribution in [1.82, 2.24) is 19.8 Å². The molecule has 1 saturated carbocycles. The number of amides is 1. The molecule has 6 nitrogen and oxygen atoms in total. The first-order valence-electron chi connectivity index (χ1n) is 10.4. The van der Waals surface area contributed by atoms with Gasteiger partial charge < -0.3 is 19.5 Å². The number of piperidine rings is 1. The highest BCUT2D eigenvalue weighted by atomic mass is 16.5. The largest absolute Gasteiger partial charge is 0.492 e. The molecule has 2 aromatic rings. The number of aromatic nitrogens is 2. The number of para-hydroxylation sites is 1. The Morgan fingerprint density at radius 2 is 2.18 bits per heavy atom. The Morgan fingerprint density at radius 3 is 3.00 bits per heavy atom. The fourth-order valence-corrected chi connectivity index (χ4v) is 5.07. The number of aryl methyl sites for hydroxylation is 1. The molecular weight excluding hydrogens is 352 g/mol. The maximum Gasteiger partial charge on any atom is 0.234 e. The Hall–Kier alpha value is -2.34. The lowest BCUT2D eigenvalue weighted by Crippen LogP contribution is -2.42. The van der Waals surface area contributed by atoms with Crippen LogP contribution in [-0.2, 0) is 17.9 Å². The molecule has 3 heterocycles. The number of benzene rings is 1. The topological polar surface area (TPSA) is 59.4 Å². The lowest BCUT2D eigenvalue weighted by Gasteiger charge is -2.31. The van der Waals surface area contributed by atoms with Crippen molar-refractivity contribution in [2.45, 2.75) is 51.2 Å². The van der Waals surface area contributed by atoms with Crippen molar-refractivity contribution in [1.29, 1.82) is 0 Å². The molecule has 3 aliphatic rings. The van der Waals surface area contributed by atoms with E-state index in [1.165, 1.54) is 0 Å². The SMILES string of the molecule is CCn1ccnc1CN(C(=O)[C@@H]1COc2ccccc21)[C@@H]1CC12CCNCC2. The molecule has 148 valence electrons. The van der Waals surface area contributed by atoms with Gasteiger partial charge in [-0.2, -0.15) is 0 Å². The highest BCUT2D eigenvalue weighted by Gasteiger charge is 2.58. The molecule has 1 aliphatic carbocycles. The van der Waals surface area contributed by atoms with E-state index in [2.05, 4.69) is 26.7 Å². The van der Waals surface area contributed by atoms with Crippen LogP contribution in [-0.4, -0.2) is 46.1 Å². The average Bonchev–Trinajstić information content (AvgIpc) is 3.10. The molecular formula is C22H28N4O2. The number of carbonyl (C=O) groups is 1. The molecule has 1 aromatic carbocycles. The van der Waals surface area contributed by atoms with Gasteiger partial charge in [0.2, 0.25) is 5.91 Å². The van der Waals surface area contributed by atoms with Gasteiger partial charge in [0.15, 0.2) is 0 Å². The Kier molecular flexibility index (Phi) is 4.38. The molecule has 0 radical (unpaired) electrons. The van der Waals surface area contributed by atoms with Gasteiger partial charge in [0.1, 0.15) is 24.1 Å². The van der Waals surface area contributed by atoms with Crippen molar-refractivity contribution in [2.24, 2.45) is 5.41 Å². The van der Waals surface area contributed by atoms with Crippen molar-refractivity contribution in [2.75, 3.05) is 19.7 Å². The average molecular weight is 380 g/mol. The predicted molar refractivity (Wildman–Crippen MR) is 106 cm³/mol. The number of nitrogens with zero attached hydrogens (tertiary/aromatic N) is 3. The van der Waals surface area contributed by atoms with Gasteiger partial charge in [-0.05, 0) is 50.8 Å². The molecule has 28 heavy (non-hydrogen) atoms. The molecule has 5 rings (SSSR count). The number of fused-ring (bicyclic) bond motifs is 1. The van der Waals surface area contributed by atoms with E-state index in [0.29, 0.717) is 24.6 Å². The van der Waals surface area contributed by atoms with Gasteiger partial charge in [0, 0.05) is 30.5 Å². The maximum absolute atomic E-state index is 13.7. The highest BCUT2D eigenvalue weighted by molar-refractivity contribution is 5.86. The minimum atomic E-state index is -0.208. The summed E-state index contributed by atoms with van der Waals surface area (Å²) in [6, 6.07) is 8.27. The quantitative estimate of drug-likeness (QED) is 0.866. The monoisotopic (exact) mass is 380 g/mol. The van der Waals surface area contributed by atoms with Gasteiger partial charge in [0.05, 0.1) is 6.54 Å². The second-order valence-corrected chi connectivity index (χ2v) is 8.33. The minimum Gasteiger partial charge on any atom is -0.492 e. The van der Waals surface area contributed by atoms with Crippen LogP contribution >= 0.6 is 0 Å². The standard InChI is InChI=1S/C22H28N4O2/c1-2-25-12-11-24-20(25)14-26(19-13-22(19)7-9-23-10-8-22)21(27)17-15-28-18-6-4-3-5-16(17)18/h3-6,11-12,17,19,23H,2,7-10,13-15H2,1H3/t17-,19-/m1/s1. The van der Waals surface area contributed by atoms with Crippen LogP contribution in [0.2, 0.25) is 0 Å². The van der Waals surface area contributed by atoms with Crippen molar-refractivity contribution < 1.29 is 9.53 Å². The summed E-state index contributed by atoms with van der Waals surface area (Å²) in [7, 11) is 0. The third-order valence-electron chi connectivity index (χ3n) is 6.86. The highest BCUT2D eigenvalue weighted by Crippen LogP contribution is 2.56. The van der Waals surface area contributed by atoms with E-state index >= 15 is 0 Å². The number of imidazole rings is 1. The van der Waals surface area contributed by atoms with Gasteiger partial charge in [-0.3, -0.25) is 4.79 Å². The molecule has 0 bridgehead atoms. The summed E-state index contributed by atoms with van der Waals surface area (Å²) in [6.45, 7) is 6.11. The number of carbonyl (C=O) groups excluding carboxylic acids is 1. The zero-order chi connectivity index (χ0) is 19.1. The fourth-order valence-electron chi connectivity index (χ4n) is 5.07. The van der Waals surface area contributed by atoms with Gasteiger partial charge in [-0.1, -0.05) is 18.2 Å². The molecule has 1 aromatic heterocycles. The molecule has 0 unspecified atom stereocenters. The second-order valence-electron chi connectivity index (χ2n) is 8.33. The number of rotatable bonds is 5. The van der Waals surface area contributed by atoms with Crippen LogP contribution in [0.5, 0.6) is 5.75 Å². The smallest absolute Gasteiger partial charge is 0.234 e. The molecule has 1 amide bonds. The summed E-state index contributed by atoms with van der Waals surface area (Å²) >= 11 is 0. The van der Waals surface area contributed by atoms with Crippen molar-refractivity contribution in [3.63, 3.8) is 0 Å². The molecule has 2 aliphatic heterocycles. The first-order chi connectivity index (χ1) is 13.7. The molecule has 6 heteroatoms. The predicted octanol–water partition coefficient (Wildman–Crippen LogP) is 2.55. The summed E-state index contributed by atoms with van der Waals surface area (Å²) in [6.07, 6.45) is 7.26. The fraction of sp³-hybridized carbons (Fsp3) is 0.545. The van der Waals surface area contributed by atoms with E-state index in [-0.39, 0.29) is 11.8 Å². The van der Waals surface area contributed by atoms with E-state index < -0.39 is 0 Å². The van der Waals surface area contributed by atoms with Crippen LogP contribution in [0.25, 0.3) is 0 Å². The zero-order valence-corrected chi connectivity index (χ0v) is 16.4. The molecule has 1 spiro atoms. The molecule has 1 N–H and O–H groups in total.